The molecule has 21 heavy (non-hydrogen) atoms. The van der Waals surface area contributed by atoms with Crippen LogP contribution in [-0.2, 0) is 6.42 Å². The Hall–Kier alpha value is -2.23. The molecule has 2 aromatic heterocycles. The first-order chi connectivity index (χ1) is 10.4. The van der Waals surface area contributed by atoms with Crippen LogP contribution in [0.5, 0.6) is 0 Å². The van der Waals surface area contributed by atoms with E-state index in [2.05, 4.69) is 29.1 Å². The van der Waals surface area contributed by atoms with E-state index in [0.717, 1.165) is 35.4 Å². The highest BCUT2D eigenvalue weighted by Gasteiger charge is 2.09. The van der Waals surface area contributed by atoms with Crippen LogP contribution in [0.3, 0.4) is 0 Å². The SMILES string of the molecule is CCCCCCc1ncn2ncc(-c3ccccc3)c2n1. The molecule has 2 heterocycles. The molecule has 0 unspecified atom stereocenters. The molecule has 0 atom stereocenters. The molecule has 1 aromatic carbocycles. The predicted molar refractivity (Wildman–Crippen MR) is 84.1 cm³/mol. The van der Waals surface area contributed by atoms with Crippen LogP contribution >= 0.6 is 0 Å². The first kappa shape index (κ1) is 13.7. The lowest BCUT2D eigenvalue weighted by atomic mass is 10.1. The molecule has 4 heteroatoms. The Morgan fingerprint density at radius 3 is 2.71 bits per heavy atom. The normalized spacial score (nSPS) is 11.1. The summed E-state index contributed by atoms with van der Waals surface area (Å²) in [7, 11) is 0. The molecular formula is C17H20N4. The van der Waals surface area contributed by atoms with E-state index in [1.807, 2.05) is 24.4 Å². The summed E-state index contributed by atoms with van der Waals surface area (Å²) in [4.78, 5) is 9.10. The van der Waals surface area contributed by atoms with Gasteiger partial charge in [-0.2, -0.15) is 5.10 Å². The standard InChI is InChI=1S/C17H20N4/c1-2-3-4-8-11-16-18-13-21-17(20-16)15(12-19-21)14-9-6-5-7-10-14/h5-7,9-10,12-13H,2-4,8,11H2,1H3. The highest BCUT2D eigenvalue weighted by atomic mass is 15.3. The maximum atomic E-state index is 4.70. The molecule has 0 spiro atoms. The molecule has 0 radical (unpaired) electrons. The van der Waals surface area contributed by atoms with E-state index in [-0.39, 0.29) is 0 Å². The van der Waals surface area contributed by atoms with Crippen molar-refractivity contribution in [3.8, 4) is 11.1 Å². The average molecular weight is 280 g/mol. The zero-order valence-electron chi connectivity index (χ0n) is 12.4. The van der Waals surface area contributed by atoms with E-state index in [4.69, 9.17) is 4.98 Å². The lowest BCUT2D eigenvalue weighted by molar-refractivity contribution is 0.649. The third-order valence-corrected chi connectivity index (χ3v) is 3.66. The average Bonchev–Trinajstić information content (AvgIpc) is 2.95. The van der Waals surface area contributed by atoms with Gasteiger partial charge in [0.2, 0.25) is 0 Å². The van der Waals surface area contributed by atoms with Crippen LogP contribution in [0, 0.1) is 0 Å². The molecule has 0 N–H and O–H groups in total. The Labute approximate surface area is 124 Å². The molecule has 4 nitrogen and oxygen atoms in total. The van der Waals surface area contributed by atoms with Gasteiger partial charge in [-0.3, -0.25) is 0 Å². The van der Waals surface area contributed by atoms with Crippen molar-refractivity contribution < 1.29 is 0 Å². The highest BCUT2D eigenvalue weighted by molar-refractivity contribution is 5.76. The number of nitrogens with zero attached hydrogens (tertiary/aromatic N) is 4. The van der Waals surface area contributed by atoms with E-state index >= 15 is 0 Å². The second-order valence-corrected chi connectivity index (χ2v) is 5.28. The van der Waals surface area contributed by atoms with Crippen molar-refractivity contribution in [2.24, 2.45) is 0 Å². The van der Waals surface area contributed by atoms with E-state index < -0.39 is 0 Å². The van der Waals surface area contributed by atoms with Crippen molar-refractivity contribution in [1.82, 2.24) is 19.6 Å². The number of hydrogen-bond acceptors (Lipinski definition) is 3. The van der Waals surface area contributed by atoms with Crippen LogP contribution in [0.25, 0.3) is 16.8 Å². The molecule has 0 aliphatic carbocycles. The van der Waals surface area contributed by atoms with Gasteiger partial charge in [-0.05, 0) is 12.0 Å². The van der Waals surface area contributed by atoms with E-state index in [9.17, 15) is 0 Å². The first-order valence-corrected chi connectivity index (χ1v) is 7.63. The molecule has 0 aliphatic rings. The molecular weight excluding hydrogens is 260 g/mol. The fourth-order valence-corrected chi connectivity index (χ4v) is 2.48. The van der Waals surface area contributed by atoms with Gasteiger partial charge in [0.25, 0.3) is 0 Å². The van der Waals surface area contributed by atoms with Crippen LogP contribution in [0.2, 0.25) is 0 Å². The van der Waals surface area contributed by atoms with Gasteiger partial charge < -0.3 is 0 Å². The molecule has 3 aromatic rings. The molecule has 0 aliphatic heterocycles. The van der Waals surface area contributed by atoms with Crippen molar-refractivity contribution in [1.29, 1.82) is 0 Å². The summed E-state index contributed by atoms with van der Waals surface area (Å²) in [6.07, 6.45) is 9.50. The lowest BCUT2D eigenvalue weighted by Crippen LogP contribution is -2.00. The fourth-order valence-electron chi connectivity index (χ4n) is 2.48. The van der Waals surface area contributed by atoms with Gasteiger partial charge in [0.15, 0.2) is 5.65 Å². The molecule has 0 fully saturated rings. The summed E-state index contributed by atoms with van der Waals surface area (Å²) < 4.78 is 1.75. The zero-order valence-corrected chi connectivity index (χ0v) is 12.4. The topological polar surface area (TPSA) is 43.1 Å². The predicted octanol–water partition coefficient (Wildman–Crippen LogP) is 3.91. The number of hydrogen-bond donors (Lipinski definition) is 0. The van der Waals surface area contributed by atoms with E-state index in [1.165, 1.54) is 19.3 Å². The summed E-state index contributed by atoms with van der Waals surface area (Å²) in [5.41, 5.74) is 3.10. The maximum absolute atomic E-state index is 4.70. The summed E-state index contributed by atoms with van der Waals surface area (Å²) in [6, 6.07) is 10.3. The lowest BCUT2D eigenvalue weighted by Gasteiger charge is -2.02. The van der Waals surface area contributed by atoms with Crippen molar-refractivity contribution in [2.75, 3.05) is 0 Å². The minimum atomic E-state index is 0.890. The van der Waals surface area contributed by atoms with Crippen molar-refractivity contribution in [2.45, 2.75) is 39.0 Å². The number of aromatic nitrogens is 4. The van der Waals surface area contributed by atoms with E-state index in [1.54, 1.807) is 10.8 Å². The minimum Gasteiger partial charge on any atom is -0.221 e. The van der Waals surface area contributed by atoms with Gasteiger partial charge in [0.1, 0.15) is 12.2 Å². The summed E-state index contributed by atoms with van der Waals surface area (Å²) in [6.45, 7) is 2.22. The monoisotopic (exact) mass is 280 g/mol. The quantitative estimate of drug-likeness (QED) is 0.643. The Balaban J connectivity index is 1.86. The van der Waals surface area contributed by atoms with Crippen LogP contribution in [0.15, 0.2) is 42.9 Å². The van der Waals surface area contributed by atoms with Crippen LogP contribution < -0.4 is 0 Å². The second-order valence-electron chi connectivity index (χ2n) is 5.28. The third kappa shape index (κ3) is 3.10. The molecule has 0 bridgehead atoms. The summed E-state index contributed by atoms with van der Waals surface area (Å²) in [5.74, 6) is 0.913. The van der Waals surface area contributed by atoms with Gasteiger partial charge >= 0.3 is 0 Å². The van der Waals surface area contributed by atoms with Gasteiger partial charge in [-0.15, -0.1) is 0 Å². The first-order valence-electron chi connectivity index (χ1n) is 7.63. The minimum absolute atomic E-state index is 0.890. The van der Waals surface area contributed by atoms with Crippen LogP contribution in [0.1, 0.15) is 38.4 Å². The molecule has 108 valence electrons. The fraction of sp³-hybridized carbons (Fsp3) is 0.353. The zero-order chi connectivity index (χ0) is 14.5. The Bertz CT molecular complexity index is 703. The van der Waals surface area contributed by atoms with E-state index in [0.29, 0.717) is 0 Å². The number of unbranched alkanes of at least 4 members (excludes halogenated alkanes) is 3. The molecule has 0 saturated heterocycles. The number of aryl methyl sites for hydroxylation is 1. The third-order valence-electron chi connectivity index (χ3n) is 3.66. The largest absolute Gasteiger partial charge is 0.221 e. The van der Waals surface area contributed by atoms with Crippen LogP contribution in [0.4, 0.5) is 0 Å². The number of fused-ring (bicyclic) bond motifs is 1. The maximum Gasteiger partial charge on any atom is 0.166 e. The Morgan fingerprint density at radius 1 is 1.05 bits per heavy atom. The highest BCUT2D eigenvalue weighted by Crippen LogP contribution is 2.22. The number of benzene rings is 1. The van der Waals surface area contributed by atoms with Gasteiger partial charge in [0, 0.05) is 12.0 Å². The second kappa shape index (κ2) is 6.48. The Morgan fingerprint density at radius 2 is 1.90 bits per heavy atom. The summed E-state index contributed by atoms with van der Waals surface area (Å²) in [5, 5.41) is 4.34. The Kier molecular flexibility index (Phi) is 4.24. The smallest absolute Gasteiger partial charge is 0.166 e. The van der Waals surface area contributed by atoms with Gasteiger partial charge in [0.05, 0.1) is 6.20 Å². The summed E-state index contributed by atoms with van der Waals surface area (Å²) >= 11 is 0. The van der Waals surface area contributed by atoms with Crippen molar-refractivity contribution in [3.63, 3.8) is 0 Å². The number of rotatable bonds is 6. The molecule has 0 saturated carbocycles. The van der Waals surface area contributed by atoms with Gasteiger partial charge in [-0.1, -0.05) is 56.5 Å². The molecule has 0 amide bonds. The van der Waals surface area contributed by atoms with Crippen molar-refractivity contribution in [3.05, 3.63) is 48.7 Å². The van der Waals surface area contributed by atoms with Gasteiger partial charge in [-0.25, -0.2) is 14.5 Å². The van der Waals surface area contributed by atoms with Crippen molar-refractivity contribution >= 4 is 5.65 Å². The molecule has 3 rings (SSSR count). The van der Waals surface area contributed by atoms with Crippen LogP contribution in [-0.4, -0.2) is 19.6 Å².